The maximum absolute atomic E-state index is 11.8. The summed E-state index contributed by atoms with van der Waals surface area (Å²) in [6.45, 7) is 0. The van der Waals surface area contributed by atoms with Crippen molar-refractivity contribution >= 4 is 117 Å². The van der Waals surface area contributed by atoms with E-state index in [2.05, 4.69) is 0 Å². The molecular weight excluding hydrogens is 844 g/mol. The van der Waals surface area contributed by atoms with Gasteiger partial charge in [0.2, 0.25) is 0 Å². The fourth-order valence-electron chi connectivity index (χ4n) is 5.89. The van der Waals surface area contributed by atoms with Gasteiger partial charge < -0.3 is 20.4 Å². The van der Waals surface area contributed by atoms with E-state index in [4.69, 9.17) is 92.8 Å². The Bertz CT molecular complexity index is 1930. The molecule has 5 rings (SSSR count). The Morgan fingerprint density at radius 3 is 0.615 bits per heavy atom. The lowest BCUT2D eigenvalue weighted by Crippen LogP contribution is -2.10. The lowest BCUT2D eigenvalue weighted by atomic mass is 9.81. The smallest absolute Gasteiger partial charge is 0.338 e. The molecule has 52 heavy (non-hydrogen) atoms. The van der Waals surface area contributed by atoms with Crippen molar-refractivity contribution in [2.75, 3.05) is 0 Å². The van der Waals surface area contributed by atoms with Crippen molar-refractivity contribution in [2.24, 2.45) is 0 Å². The molecule has 0 amide bonds. The molecule has 4 N–H and O–H groups in total. The lowest BCUT2D eigenvalue weighted by molar-refractivity contribution is 0.0686. The average molecular weight is 862 g/mol. The summed E-state index contributed by atoms with van der Waals surface area (Å²) in [4.78, 5) is 47.3. The summed E-state index contributed by atoms with van der Waals surface area (Å²) in [6, 6.07) is 18.1. The quantitative estimate of drug-likeness (QED) is 0.101. The van der Waals surface area contributed by atoms with Gasteiger partial charge in [-0.3, -0.25) is 0 Å². The van der Waals surface area contributed by atoms with Crippen molar-refractivity contribution in [1.82, 2.24) is 0 Å². The number of rotatable bonds is 10. The van der Waals surface area contributed by atoms with Gasteiger partial charge in [0.15, 0.2) is 0 Å². The van der Waals surface area contributed by atoms with Gasteiger partial charge in [-0.05, 0) is 81.9 Å². The van der Waals surface area contributed by atoms with Gasteiger partial charge in [-0.25, -0.2) is 19.2 Å². The predicted molar refractivity (Wildman–Crippen MR) is 202 cm³/mol. The molecule has 0 aliphatic carbocycles. The summed E-state index contributed by atoms with van der Waals surface area (Å²) in [5, 5.41) is 37.3. The summed E-state index contributed by atoms with van der Waals surface area (Å²) >= 11 is 51.0. The van der Waals surface area contributed by atoms with Crippen molar-refractivity contribution in [3.8, 4) is 0 Å². The van der Waals surface area contributed by atoms with Crippen LogP contribution in [-0.4, -0.2) is 44.3 Å². The second kappa shape index (κ2) is 15.7. The Kier molecular flexibility index (Phi) is 11.9. The third-order valence-corrected chi connectivity index (χ3v) is 10.4. The molecule has 0 atom stereocenters. The summed E-state index contributed by atoms with van der Waals surface area (Å²) in [5.41, 5.74) is 1.46. The van der Waals surface area contributed by atoms with Gasteiger partial charge in [-0.1, -0.05) is 117 Å². The standard InChI is InChI=1S/C36H18Cl8O8/c37-19-5-15(6-20(38)29(19)33(45)46)27(16-7-21(39)30(34(47)48)22(40)8-16)13-1-2-14(4-3-13)28(17-9-23(41)31(35(49)50)24(42)10-17)18-11-25(43)32(36(51)52)26(44)12-18/h1-12,27-28H,(H,45,46)(H,47,48)(H,49,50)(H,51,52). The van der Waals surface area contributed by atoms with Gasteiger partial charge in [0.05, 0.1) is 62.4 Å². The summed E-state index contributed by atoms with van der Waals surface area (Å²) in [5.74, 6) is -6.98. The molecule has 0 spiro atoms. The van der Waals surface area contributed by atoms with Crippen LogP contribution in [0.4, 0.5) is 0 Å². The molecule has 16 heteroatoms. The molecule has 0 fully saturated rings. The Morgan fingerprint density at radius 1 is 0.327 bits per heavy atom. The van der Waals surface area contributed by atoms with Crippen LogP contribution < -0.4 is 0 Å². The van der Waals surface area contributed by atoms with Gasteiger partial charge in [0.1, 0.15) is 0 Å². The Labute approximate surface area is 334 Å². The fourth-order valence-corrected chi connectivity index (χ4v) is 8.55. The highest BCUT2D eigenvalue weighted by atomic mass is 35.5. The minimum absolute atomic E-state index is 0.159. The van der Waals surface area contributed by atoms with Crippen LogP contribution in [0.25, 0.3) is 0 Å². The van der Waals surface area contributed by atoms with Gasteiger partial charge in [0, 0.05) is 11.8 Å². The first kappa shape index (κ1) is 39.5. The third kappa shape index (κ3) is 7.81. The number of carbonyl (C=O) groups is 4. The van der Waals surface area contributed by atoms with Crippen LogP contribution in [0.15, 0.2) is 72.8 Å². The van der Waals surface area contributed by atoms with Crippen LogP contribution >= 0.6 is 92.8 Å². The number of aromatic carboxylic acids is 4. The molecule has 0 aromatic heterocycles. The first-order valence-corrected chi connectivity index (χ1v) is 17.4. The zero-order valence-corrected chi connectivity index (χ0v) is 31.6. The summed E-state index contributed by atoms with van der Waals surface area (Å²) in [7, 11) is 0. The number of hydrogen-bond donors (Lipinski definition) is 4. The van der Waals surface area contributed by atoms with Crippen LogP contribution in [0, 0.1) is 0 Å². The van der Waals surface area contributed by atoms with Crippen molar-refractivity contribution in [3.63, 3.8) is 0 Å². The van der Waals surface area contributed by atoms with E-state index in [1.807, 2.05) is 0 Å². The number of halogens is 8. The molecule has 0 aliphatic heterocycles. The molecular formula is C36H18Cl8O8. The zero-order chi connectivity index (χ0) is 38.3. The minimum Gasteiger partial charge on any atom is -0.478 e. The normalized spacial score (nSPS) is 11.3. The van der Waals surface area contributed by atoms with Crippen LogP contribution in [-0.2, 0) is 0 Å². The molecule has 0 aliphatic rings. The monoisotopic (exact) mass is 858 g/mol. The average Bonchev–Trinajstić information content (AvgIpc) is 3.00. The maximum atomic E-state index is 11.8. The van der Waals surface area contributed by atoms with Crippen molar-refractivity contribution in [2.45, 2.75) is 11.8 Å². The Hall–Kier alpha value is -3.70. The van der Waals surface area contributed by atoms with Gasteiger partial charge in [-0.2, -0.15) is 0 Å². The van der Waals surface area contributed by atoms with E-state index in [0.29, 0.717) is 33.4 Å². The van der Waals surface area contributed by atoms with E-state index < -0.39 is 35.7 Å². The zero-order valence-electron chi connectivity index (χ0n) is 25.5. The van der Waals surface area contributed by atoms with Crippen molar-refractivity contribution in [3.05, 3.63) is 169 Å². The second-order valence-electron chi connectivity index (χ2n) is 11.2. The molecule has 0 unspecified atom stereocenters. The second-order valence-corrected chi connectivity index (χ2v) is 14.4. The highest BCUT2D eigenvalue weighted by Crippen LogP contribution is 2.43. The molecule has 0 bridgehead atoms. The van der Waals surface area contributed by atoms with E-state index in [1.165, 1.54) is 48.5 Å². The first-order valence-electron chi connectivity index (χ1n) is 14.4. The largest absolute Gasteiger partial charge is 0.478 e. The highest BCUT2D eigenvalue weighted by Gasteiger charge is 2.28. The van der Waals surface area contributed by atoms with Crippen LogP contribution in [0.1, 0.15) is 86.6 Å². The number of benzene rings is 5. The van der Waals surface area contributed by atoms with E-state index >= 15 is 0 Å². The van der Waals surface area contributed by atoms with Crippen LogP contribution in [0.5, 0.6) is 0 Å². The van der Waals surface area contributed by atoms with E-state index in [0.717, 1.165) is 0 Å². The van der Waals surface area contributed by atoms with E-state index in [1.54, 1.807) is 24.3 Å². The first-order chi connectivity index (χ1) is 24.4. The molecule has 5 aromatic carbocycles. The predicted octanol–water partition coefficient (Wildman–Crippen LogP) is 12.1. The van der Waals surface area contributed by atoms with Crippen LogP contribution in [0.3, 0.4) is 0 Å². The molecule has 0 radical (unpaired) electrons. The van der Waals surface area contributed by atoms with E-state index in [9.17, 15) is 39.6 Å². The SMILES string of the molecule is O=C(O)c1c(Cl)cc(C(c2ccc(C(c3cc(Cl)c(C(=O)O)c(Cl)c3)c3cc(Cl)c(C(=O)O)c(Cl)c3)cc2)c2cc(Cl)c(C(=O)O)c(Cl)c2)cc1Cl. The topological polar surface area (TPSA) is 149 Å². The van der Waals surface area contributed by atoms with Gasteiger partial charge in [0.25, 0.3) is 0 Å². The summed E-state index contributed by atoms with van der Waals surface area (Å²) in [6.07, 6.45) is 0. The molecule has 0 saturated carbocycles. The minimum atomic E-state index is -1.35. The summed E-state index contributed by atoms with van der Waals surface area (Å²) < 4.78 is 0. The fraction of sp³-hybridized carbons (Fsp3) is 0.0556. The van der Waals surface area contributed by atoms with Gasteiger partial charge in [-0.15, -0.1) is 0 Å². The maximum Gasteiger partial charge on any atom is 0.338 e. The molecule has 266 valence electrons. The lowest BCUT2D eigenvalue weighted by Gasteiger charge is -2.24. The Balaban J connectivity index is 1.74. The number of hydrogen-bond acceptors (Lipinski definition) is 4. The van der Waals surface area contributed by atoms with Crippen molar-refractivity contribution in [1.29, 1.82) is 0 Å². The van der Waals surface area contributed by atoms with Crippen LogP contribution in [0.2, 0.25) is 40.2 Å². The third-order valence-electron chi connectivity index (χ3n) is 8.05. The van der Waals surface area contributed by atoms with E-state index in [-0.39, 0.29) is 62.4 Å². The van der Waals surface area contributed by atoms with Crippen molar-refractivity contribution < 1.29 is 39.6 Å². The molecule has 0 saturated heterocycles. The molecule has 5 aromatic rings. The molecule has 0 heterocycles. The Morgan fingerprint density at radius 2 is 0.481 bits per heavy atom. The molecule has 8 nitrogen and oxygen atoms in total. The van der Waals surface area contributed by atoms with Gasteiger partial charge >= 0.3 is 23.9 Å². The number of carboxylic acid groups (broad SMARTS) is 4. The number of carboxylic acids is 4. The highest BCUT2D eigenvalue weighted by molar-refractivity contribution is 6.41.